The van der Waals surface area contributed by atoms with Crippen molar-refractivity contribution in [3.63, 3.8) is 0 Å². The fourth-order valence-corrected chi connectivity index (χ4v) is 2.28. The Balaban J connectivity index is 1.85. The average molecular weight is 248 g/mol. The van der Waals surface area contributed by atoms with Crippen molar-refractivity contribution >= 4 is 6.09 Å². The lowest BCUT2D eigenvalue weighted by atomic mass is 10.00. The van der Waals surface area contributed by atoms with Gasteiger partial charge in [0.15, 0.2) is 0 Å². The van der Waals surface area contributed by atoms with E-state index < -0.39 is 0 Å². The predicted molar refractivity (Wildman–Crippen MR) is 70.0 cm³/mol. The monoisotopic (exact) mass is 248 g/mol. The number of carbonyl (C=O) groups is 1. The smallest absolute Gasteiger partial charge is 0.410 e. The molecule has 18 heavy (non-hydrogen) atoms. The van der Waals surface area contributed by atoms with Gasteiger partial charge in [0.1, 0.15) is 6.61 Å². The van der Waals surface area contributed by atoms with Crippen LogP contribution in [-0.4, -0.2) is 29.6 Å². The summed E-state index contributed by atoms with van der Waals surface area (Å²) in [4.78, 5) is 13.7. The van der Waals surface area contributed by atoms with E-state index in [1.807, 2.05) is 37.3 Å². The maximum atomic E-state index is 12.0. The summed E-state index contributed by atoms with van der Waals surface area (Å²) < 4.78 is 5.32. The molecule has 0 aromatic heterocycles. The first-order chi connectivity index (χ1) is 8.66. The minimum Gasteiger partial charge on any atom is -0.445 e. The van der Waals surface area contributed by atoms with E-state index in [0.29, 0.717) is 13.2 Å². The predicted octanol–water partition coefficient (Wildman–Crippen LogP) is 2.13. The van der Waals surface area contributed by atoms with Gasteiger partial charge in [0.2, 0.25) is 0 Å². The molecule has 1 fully saturated rings. The molecule has 0 saturated carbocycles. The first kappa shape index (κ1) is 12.9. The molecule has 1 aliphatic heterocycles. The van der Waals surface area contributed by atoms with Gasteiger partial charge in [-0.25, -0.2) is 4.79 Å². The summed E-state index contributed by atoms with van der Waals surface area (Å²) in [5.41, 5.74) is 6.88. The normalized spacial score (nSPS) is 23.8. The molecule has 4 nitrogen and oxygen atoms in total. The number of ether oxygens (including phenoxy) is 1. The summed E-state index contributed by atoms with van der Waals surface area (Å²) in [5.74, 6) is 0. The summed E-state index contributed by atoms with van der Waals surface area (Å²) in [6, 6.07) is 10.1. The molecule has 98 valence electrons. The van der Waals surface area contributed by atoms with Crippen LogP contribution in [0.2, 0.25) is 0 Å². The van der Waals surface area contributed by atoms with Crippen molar-refractivity contribution in [2.24, 2.45) is 5.73 Å². The molecule has 1 amide bonds. The van der Waals surface area contributed by atoms with Crippen LogP contribution in [0.1, 0.15) is 25.3 Å². The van der Waals surface area contributed by atoms with Gasteiger partial charge in [0.05, 0.1) is 0 Å². The first-order valence-electron chi connectivity index (χ1n) is 6.39. The molecule has 4 heteroatoms. The Kier molecular flexibility index (Phi) is 4.20. The zero-order valence-electron chi connectivity index (χ0n) is 10.7. The van der Waals surface area contributed by atoms with Crippen LogP contribution in [0, 0.1) is 0 Å². The molecular weight excluding hydrogens is 228 g/mol. The lowest BCUT2D eigenvalue weighted by Gasteiger charge is -2.35. The van der Waals surface area contributed by atoms with E-state index in [1.165, 1.54) is 0 Å². The molecule has 2 atom stereocenters. The van der Waals surface area contributed by atoms with Crippen molar-refractivity contribution in [1.82, 2.24) is 4.90 Å². The van der Waals surface area contributed by atoms with Crippen LogP contribution in [-0.2, 0) is 11.3 Å². The quantitative estimate of drug-likeness (QED) is 0.872. The summed E-state index contributed by atoms with van der Waals surface area (Å²) in [5, 5.41) is 0. The molecule has 1 aliphatic rings. The van der Waals surface area contributed by atoms with Crippen molar-refractivity contribution in [1.29, 1.82) is 0 Å². The van der Waals surface area contributed by atoms with E-state index in [-0.39, 0.29) is 18.2 Å². The number of piperidine rings is 1. The molecule has 0 unspecified atom stereocenters. The van der Waals surface area contributed by atoms with Gasteiger partial charge in [-0.2, -0.15) is 0 Å². The topological polar surface area (TPSA) is 55.6 Å². The maximum Gasteiger partial charge on any atom is 0.410 e. The van der Waals surface area contributed by atoms with Gasteiger partial charge >= 0.3 is 6.09 Å². The van der Waals surface area contributed by atoms with Crippen LogP contribution in [0.5, 0.6) is 0 Å². The first-order valence-corrected chi connectivity index (χ1v) is 6.39. The van der Waals surface area contributed by atoms with Crippen LogP contribution in [0.4, 0.5) is 4.79 Å². The Hall–Kier alpha value is -1.55. The second-order valence-corrected chi connectivity index (χ2v) is 4.87. The Labute approximate surface area is 108 Å². The Morgan fingerprint density at radius 2 is 2.17 bits per heavy atom. The number of hydrogen-bond acceptors (Lipinski definition) is 3. The van der Waals surface area contributed by atoms with Crippen LogP contribution in [0.15, 0.2) is 30.3 Å². The van der Waals surface area contributed by atoms with E-state index in [1.54, 1.807) is 4.90 Å². The second-order valence-electron chi connectivity index (χ2n) is 4.87. The summed E-state index contributed by atoms with van der Waals surface area (Å²) >= 11 is 0. The fourth-order valence-electron chi connectivity index (χ4n) is 2.28. The molecule has 1 saturated heterocycles. The van der Waals surface area contributed by atoms with Gasteiger partial charge in [-0.15, -0.1) is 0 Å². The Morgan fingerprint density at radius 3 is 2.83 bits per heavy atom. The van der Waals surface area contributed by atoms with E-state index in [2.05, 4.69) is 0 Å². The molecule has 2 N–H and O–H groups in total. The number of nitrogens with zero attached hydrogens (tertiary/aromatic N) is 1. The van der Waals surface area contributed by atoms with Crippen LogP contribution in [0.25, 0.3) is 0 Å². The van der Waals surface area contributed by atoms with E-state index >= 15 is 0 Å². The van der Waals surface area contributed by atoms with Gasteiger partial charge in [-0.1, -0.05) is 30.3 Å². The minimum absolute atomic E-state index is 0.164. The van der Waals surface area contributed by atoms with Crippen molar-refractivity contribution in [3.05, 3.63) is 35.9 Å². The number of likely N-dealkylation sites (tertiary alicyclic amines) is 1. The van der Waals surface area contributed by atoms with E-state index in [0.717, 1.165) is 18.4 Å². The number of amides is 1. The van der Waals surface area contributed by atoms with Crippen LogP contribution >= 0.6 is 0 Å². The van der Waals surface area contributed by atoms with Crippen molar-refractivity contribution in [2.45, 2.75) is 38.5 Å². The van der Waals surface area contributed by atoms with Crippen molar-refractivity contribution < 1.29 is 9.53 Å². The third-order valence-electron chi connectivity index (χ3n) is 3.36. The molecule has 0 radical (unpaired) electrons. The lowest BCUT2D eigenvalue weighted by molar-refractivity contribution is 0.0690. The lowest BCUT2D eigenvalue weighted by Crippen LogP contribution is -2.48. The third-order valence-corrected chi connectivity index (χ3v) is 3.36. The molecule has 1 aromatic carbocycles. The molecule has 1 aromatic rings. The van der Waals surface area contributed by atoms with Crippen LogP contribution < -0.4 is 5.73 Å². The van der Waals surface area contributed by atoms with E-state index in [9.17, 15) is 4.79 Å². The maximum absolute atomic E-state index is 12.0. The highest BCUT2D eigenvalue weighted by atomic mass is 16.6. The SMILES string of the molecule is C[C@@H]1C[C@@H](N)CCN1C(=O)OCc1ccccc1. The fraction of sp³-hybridized carbons (Fsp3) is 0.500. The standard InChI is InChI=1S/C14H20N2O2/c1-11-9-13(15)7-8-16(11)14(17)18-10-12-5-3-2-4-6-12/h2-6,11,13H,7-10,15H2,1H3/t11-,13+/m1/s1. The zero-order chi connectivity index (χ0) is 13.0. The number of nitrogens with two attached hydrogens (primary N) is 1. The highest BCUT2D eigenvalue weighted by Crippen LogP contribution is 2.17. The van der Waals surface area contributed by atoms with Crippen molar-refractivity contribution in [3.8, 4) is 0 Å². The molecular formula is C14H20N2O2. The van der Waals surface area contributed by atoms with Gasteiger partial charge in [-0.05, 0) is 25.3 Å². The largest absolute Gasteiger partial charge is 0.445 e. The van der Waals surface area contributed by atoms with E-state index in [4.69, 9.17) is 10.5 Å². The molecule has 0 bridgehead atoms. The average Bonchev–Trinajstić information content (AvgIpc) is 2.37. The van der Waals surface area contributed by atoms with Gasteiger partial charge < -0.3 is 15.4 Å². The molecule has 2 rings (SSSR count). The number of carbonyl (C=O) groups excluding carboxylic acids is 1. The number of hydrogen-bond donors (Lipinski definition) is 1. The van der Waals surface area contributed by atoms with Crippen molar-refractivity contribution in [2.75, 3.05) is 6.54 Å². The molecule has 1 heterocycles. The number of rotatable bonds is 2. The highest BCUT2D eigenvalue weighted by molar-refractivity contribution is 5.68. The van der Waals surface area contributed by atoms with Crippen LogP contribution in [0.3, 0.4) is 0 Å². The summed E-state index contributed by atoms with van der Waals surface area (Å²) in [6.45, 7) is 3.04. The molecule has 0 aliphatic carbocycles. The zero-order valence-corrected chi connectivity index (χ0v) is 10.7. The summed E-state index contributed by atoms with van der Waals surface area (Å²) in [6.07, 6.45) is 1.46. The van der Waals surface area contributed by atoms with Gasteiger partial charge in [0.25, 0.3) is 0 Å². The second kappa shape index (κ2) is 5.87. The number of benzene rings is 1. The van der Waals surface area contributed by atoms with Gasteiger partial charge in [-0.3, -0.25) is 0 Å². The Morgan fingerprint density at radius 1 is 1.44 bits per heavy atom. The summed E-state index contributed by atoms with van der Waals surface area (Å²) in [7, 11) is 0. The Bertz CT molecular complexity index is 394. The highest BCUT2D eigenvalue weighted by Gasteiger charge is 2.27. The van der Waals surface area contributed by atoms with Gasteiger partial charge in [0, 0.05) is 18.6 Å². The molecule has 0 spiro atoms. The third kappa shape index (κ3) is 3.23. The minimum atomic E-state index is -0.238.